The molecule has 0 radical (unpaired) electrons. The largest absolute Gasteiger partial charge is 0.341 e. The number of hydrogen-bond acceptors (Lipinski definition) is 4. The normalized spacial score (nSPS) is 17.4. The third kappa shape index (κ3) is 5.03. The van der Waals surface area contributed by atoms with E-state index in [4.69, 9.17) is 23.2 Å². The van der Waals surface area contributed by atoms with Crippen molar-refractivity contribution in [2.75, 3.05) is 13.1 Å². The molecule has 0 spiro atoms. The van der Waals surface area contributed by atoms with E-state index in [-0.39, 0.29) is 30.1 Å². The lowest BCUT2D eigenvalue weighted by molar-refractivity contribution is -0.130. The molecule has 3 amide bonds. The fraction of sp³-hybridized carbons (Fsp3) is 0.240. The lowest BCUT2D eigenvalue weighted by atomic mass is 10.1. The van der Waals surface area contributed by atoms with Crippen molar-refractivity contribution >= 4 is 84.9 Å². The monoisotopic (exact) mass is 591 g/mol. The second-order valence-electron chi connectivity index (χ2n) is 8.47. The van der Waals surface area contributed by atoms with Crippen LogP contribution in [0.2, 0.25) is 10.0 Å². The Balaban J connectivity index is 1.45. The van der Waals surface area contributed by atoms with Crippen molar-refractivity contribution in [1.29, 1.82) is 0 Å². The summed E-state index contributed by atoms with van der Waals surface area (Å²) in [7, 11) is 0. The second kappa shape index (κ2) is 10.0. The maximum atomic E-state index is 13.1. The van der Waals surface area contributed by atoms with Gasteiger partial charge in [-0.15, -0.1) is 0 Å². The van der Waals surface area contributed by atoms with Gasteiger partial charge in [0.1, 0.15) is 6.54 Å². The number of halogens is 3. The molecule has 180 valence electrons. The van der Waals surface area contributed by atoms with Gasteiger partial charge >= 0.3 is 0 Å². The fourth-order valence-electron chi connectivity index (χ4n) is 4.35. The lowest BCUT2D eigenvalue weighted by Crippen LogP contribution is -2.30. The molecular weight excluding hydrogens is 573 g/mol. The van der Waals surface area contributed by atoms with Crippen molar-refractivity contribution in [2.24, 2.45) is 0 Å². The maximum absolute atomic E-state index is 13.1. The first-order valence-electron chi connectivity index (χ1n) is 11.1. The number of nitrogens with zero attached hydrogens (tertiary/aromatic N) is 3. The number of carbonyl (C=O) groups excluding carboxylic acids is 3. The predicted molar refractivity (Wildman–Crippen MR) is 143 cm³/mol. The van der Waals surface area contributed by atoms with Gasteiger partial charge in [-0.3, -0.25) is 19.3 Å². The number of rotatable bonds is 5. The minimum atomic E-state index is -0.380. The van der Waals surface area contributed by atoms with Gasteiger partial charge < -0.3 is 9.47 Å². The van der Waals surface area contributed by atoms with E-state index in [2.05, 4.69) is 15.9 Å². The average molecular weight is 593 g/mol. The Morgan fingerprint density at radius 2 is 1.86 bits per heavy atom. The highest BCUT2D eigenvalue weighted by atomic mass is 79.9. The first-order valence-corrected chi connectivity index (χ1v) is 13.4. The Labute approximate surface area is 225 Å². The first kappa shape index (κ1) is 24.4. The molecule has 2 aliphatic rings. The molecule has 0 N–H and O–H groups in total. The van der Waals surface area contributed by atoms with E-state index in [1.165, 1.54) is 4.90 Å². The standard InChI is InChI=1S/C25H20BrCl2N3O3S/c26-17-4-6-21-19(10-17)16(12-30(21)14-23(32)29-7-1-2-8-29)9-22-24(33)31(25(34)35-22)13-15-3-5-18(27)11-20(15)28/h3-6,9-12H,1-2,7-8,13-14H2/b22-9-. The number of imide groups is 1. The molecule has 6 nitrogen and oxygen atoms in total. The number of fused-ring (bicyclic) bond motifs is 1. The van der Waals surface area contributed by atoms with Gasteiger partial charge in [-0.1, -0.05) is 45.2 Å². The molecule has 3 aromatic rings. The van der Waals surface area contributed by atoms with E-state index in [0.29, 0.717) is 20.5 Å². The van der Waals surface area contributed by atoms with Crippen LogP contribution in [0.1, 0.15) is 24.0 Å². The van der Waals surface area contributed by atoms with E-state index >= 15 is 0 Å². The summed E-state index contributed by atoms with van der Waals surface area (Å²) < 4.78 is 2.79. The zero-order chi connectivity index (χ0) is 24.7. The van der Waals surface area contributed by atoms with Gasteiger partial charge in [0, 0.05) is 50.3 Å². The molecule has 0 atom stereocenters. The van der Waals surface area contributed by atoms with Crippen LogP contribution < -0.4 is 0 Å². The van der Waals surface area contributed by atoms with Crippen LogP contribution in [0.25, 0.3) is 17.0 Å². The molecule has 2 saturated heterocycles. The van der Waals surface area contributed by atoms with Gasteiger partial charge in [0.15, 0.2) is 0 Å². The Bertz CT molecular complexity index is 1400. The molecule has 0 bridgehead atoms. The van der Waals surface area contributed by atoms with Gasteiger partial charge in [0.05, 0.1) is 11.4 Å². The molecule has 3 heterocycles. The molecular formula is C25H20BrCl2N3O3S. The van der Waals surface area contributed by atoms with Crippen molar-refractivity contribution in [3.63, 3.8) is 0 Å². The third-order valence-electron chi connectivity index (χ3n) is 6.14. The SMILES string of the molecule is O=C(Cn1cc(/C=C2\SC(=O)N(Cc3ccc(Cl)cc3Cl)C2=O)c2cc(Br)ccc21)N1CCCC1. The first-order chi connectivity index (χ1) is 16.8. The van der Waals surface area contributed by atoms with Crippen LogP contribution in [-0.2, 0) is 22.7 Å². The molecule has 1 aromatic heterocycles. The van der Waals surface area contributed by atoms with E-state index in [1.807, 2.05) is 33.9 Å². The molecule has 0 saturated carbocycles. The summed E-state index contributed by atoms with van der Waals surface area (Å²) in [6.07, 6.45) is 5.66. The van der Waals surface area contributed by atoms with Crippen LogP contribution >= 0.6 is 50.9 Å². The Morgan fingerprint density at radius 3 is 2.60 bits per heavy atom. The summed E-state index contributed by atoms with van der Waals surface area (Å²) in [5.74, 6) is -0.302. The highest BCUT2D eigenvalue weighted by Crippen LogP contribution is 2.36. The van der Waals surface area contributed by atoms with Crippen LogP contribution in [0.3, 0.4) is 0 Å². The Kier molecular flexibility index (Phi) is 6.99. The quantitative estimate of drug-likeness (QED) is 0.314. The molecule has 10 heteroatoms. The zero-order valence-electron chi connectivity index (χ0n) is 18.5. The number of thioether (sulfide) groups is 1. The number of carbonyl (C=O) groups is 3. The zero-order valence-corrected chi connectivity index (χ0v) is 22.4. The van der Waals surface area contributed by atoms with Gasteiger partial charge in [0.2, 0.25) is 5.91 Å². The summed E-state index contributed by atoms with van der Waals surface area (Å²) >= 11 is 16.6. The van der Waals surface area contributed by atoms with E-state index in [9.17, 15) is 14.4 Å². The Morgan fingerprint density at radius 1 is 1.09 bits per heavy atom. The van der Waals surface area contributed by atoms with Crippen LogP contribution in [0.5, 0.6) is 0 Å². The van der Waals surface area contributed by atoms with Crippen LogP contribution in [0.4, 0.5) is 4.79 Å². The third-order valence-corrected chi connectivity index (χ3v) is 8.13. The topological polar surface area (TPSA) is 62.6 Å². The summed E-state index contributed by atoms with van der Waals surface area (Å²) in [6.45, 7) is 1.88. The fourth-order valence-corrected chi connectivity index (χ4v) is 6.01. The van der Waals surface area contributed by atoms with Gasteiger partial charge in [-0.25, -0.2) is 0 Å². The number of amides is 3. The molecule has 0 aliphatic carbocycles. The molecule has 2 aromatic carbocycles. The van der Waals surface area contributed by atoms with Crippen molar-refractivity contribution in [3.05, 3.63) is 73.1 Å². The van der Waals surface area contributed by atoms with Crippen molar-refractivity contribution in [3.8, 4) is 0 Å². The number of aromatic nitrogens is 1. The number of likely N-dealkylation sites (tertiary alicyclic amines) is 1. The summed E-state index contributed by atoms with van der Waals surface area (Å²) in [4.78, 5) is 42.0. The summed E-state index contributed by atoms with van der Waals surface area (Å²) in [6, 6.07) is 10.8. The number of hydrogen-bond donors (Lipinski definition) is 0. The van der Waals surface area contributed by atoms with Crippen LogP contribution in [-0.4, -0.2) is 44.5 Å². The van der Waals surface area contributed by atoms with Gasteiger partial charge in [0.25, 0.3) is 11.1 Å². The van der Waals surface area contributed by atoms with Gasteiger partial charge in [-0.05, 0) is 66.6 Å². The minimum absolute atomic E-state index is 0.0651. The van der Waals surface area contributed by atoms with Gasteiger partial charge in [-0.2, -0.15) is 0 Å². The summed E-state index contributed by atoms with van der Waals surface area (Å²) in [5.41, 5.74) is 2.30. The van der Waals surface area contributed by atoms with E-state index in [1.54, 1.807) is 24.3 Å². The van der Waals surface area contributed by atoms with Crippen molar-refractivity contribution < 1.29 is 14.4 Å². The smallest absolute Gasteiger partial charge is 0.293 e. The Hall–Kier alpha value is -2.26. The average Bonchev–Trinajstić information content (AvgIpc) is 3.52. The molecule has 2 aliphatic heterocycles. The molecule has 5 rings (SSSR count). The highest BCUT2D eigenvalue weighted by Gasteiger charge is 2.35. The summed E-state index contributed by atoms with van der Waals surface area (Å²) in [5, 5.41) is 1.41. The highest BCUT2D eigenvalue weighted by molar-refractivity contribution is 9.10. The van der Waals surface area contributed by atoms with Crippen molar-refractivity contribution in [1.82, 2.24) is 14.4 Å². The minimum Gasteiger partial charge on any atom is -0.341 e. The van der Waals surface area contributed by atoms with Crippen molar-refractivity contribution in [2.45, 2.75) is 25.9 Å². The maximum Gasteiger partial charge on any atom is 0.293 e. The number of benzene rings is 2. The molecule has 2 fully saturated rings. The van der Waals surface area contributed by atoms with E-state index < -0.39 is 0 Å². The predicted octanol–water partition coefficient (Wildman–Crippen LogP) is 6.57. The molecule has 35 heavy (non-hydrogen) atoms. The van der Waals surface area contributed by atoms with Crippen LogP contribution in [0.15, 0.2) is 52.0 Å². The van der Waals surface area contributed by atoms with Crippen LogP contribution in [0, 0.1) is 0 Å². The molecule has 0 unspecified atom stereocenters. The lowest BCUT2D eigenvalue weighted by Gasteiger charge is -2.16. The van der Waals surface area contributed by atoms with E-state index in [0.717, 1.165) is 58.6 Å². The second-order valence-corrected chi connectivity index (χ2v) is 11.2.